The molecule has 2 aromatic rings. The van der Waals surface area contributed by atoms with E-state index in [9.17, 15) is 0 Å². The SMILES string of the molecule is CN(CCBr)c1nc2ccccc2[nH]1. The first-order valence-corrected chi connectivity index (χ1v) is 5.65. The fourth-order valence-electron chi connectivity index (χ4n) is 1.35. The topological polar surface area (TPSA) is 31.9 Å². The van der Waals surface area contributed by atoms with Crippen LogP contribution < -0.4 is 4.90 Å². The van der Waals surface area contributed by atoms with Gasteiger partial charge in [0, 0.05) is 18.9 Å². The second-order valence-electron chi connectivity index (χ2n) is 3.19. The van der Waals surface area contributed by atoms with Crippen LogP contribution in [0.2, 0.25) is 0 Å². The molecule has 2 rings (SSSR count). The highest BCUT2D eigenvalue weighted by Crippen LogP contribution is 2.15. The summed E-state index contributed by atoms with van der Waals surface area (Å²) in [5.74, 6) is 0.922. The van der Waals surface area contributed by atoms with E-state index in [1.165, 1.54) is 0 Å². The number of nitrogens with zero attached hydrogens (tertiary/aromatic N) is 2. The summed E-state index contributed by atoms with van der Waals surface area (Å²) < 4.78 is 0. The zero-order chi connectivity index (χ0) is 9.97. The number of para-hydroxylation sites is 2. The zero-order valence-corrected chi connectivity index (χ0v) is 9.58. The number of fused-ring (bicyclic) bond motifs is 1. The number of aromatic nitrogens is 2. The van der Waals surface area contributed by atoms with Gasteiger partial charge in [0.15, 0.2) is 0 Å². The zero-order valence-electron chi connectivity index (χ0n) is 8.00. The Morgan fingerprint density at radius 1 is 1.43 bits per heavy atom. The standard InChI is InChI=1S/C10H12BrN3/c1-14(7-6-11)10-12-8-4-2-3-5-9(8)13-10/h2-5H,6-7H2,1H3,(H,12,13). The molecule has 0 fully saturated rings. The average Bonchev–Trinajstić information content (AvgIpc) is 2.61. The number of nitrogens with one attached hydrogen (secondary N) is 1. The highest BCUT2D eigenvalue weighted by molar-refractivity contribution is 9.09. The van der Waals surface area contributed by atoms with Crippen molar-refractivity contribution in [2.24, 2.45) is 0 Å². The third kappa shape index (κ3) is 1.75. The van der Waals surface area contributed by atoms with Gasteiger partial charge in [0.1, 0.15) is 0 Å². The summed E-state index contributed by atoms with van der Waals surface area (Å²) in [4.78, 5) is 9.85. The number of hydrogen-bond acceptors (Lipinski definition) is 2. The summed E-state index contributed by atoms with van der Waals surface area (Å²) in [7, 11) is 2.03. The van der Waals surface area contributed by atoms with Gasteiger partial charge in [0.2, 0.25) is 5.95 Å². The summed E-state index contributed by atoms with van der Waals surface area (Å²) >= 11 is 3.41. The fraction of sp³-hybridized carbons (Fsp3) is 0.300. The Labute approximate surface area is 91.3 Å². The number of benzene rings is 1. The predicted molar refractivity (Wildman–Crippen MR) is 63.2 cm³/mol. The molecule has 0 saturated heterocycles. The number of hydrogen-bond donors (Lipinski definition) is 1. The molecule has 74 valence electrons. The Hall–Kier alpha value is -1.03. The Bertz CT molecular complexity index is 391. The molecule has 1 aromatic carbocycles. The predicted octanol–water partition coefficient (Wildman–Crippen LogP) is 2.39. The Balaban J connectivity index is 2.35. The van der Waals surface area contributed by atoms with Crippen LogP contribution in [-0.2, 0) is 0 Å². The van der Waals surface area contributed by atoms with Crippen molar-refractivity contribution in [3.8, 4) is 0 Å². The van der Waals surface area contributed by atoms with Crippen LogP contribution in [0.1, 0.15) is 0 Å². The minimum absolute atomic E-state index is 0.922. The number of halogens is 1. The molecular weight excluding hydrogens is 242 g/mol. The number of anilines is 1. The minimum atomic E-state index is 0.922. The van der Waals surface area contributed by atoms with Crippen LogP contribution in [-0.4, -0.2) is 28.9 Å². The van der Waals surface area contributed by atoms with Crippen LogP contribution in [0.3, 0.4) is 0 Å². The van der Waals surface area contributed by atoms with Gasteiger partial charge >= 0.3 is 0 Å². The van der Waals surface area contributed by atoms with Crippen molar-refractivity contribution >= 4 is 32.9 Å². The Morgan fingerprint density at radius 3 is 2.93 bits per heavy atom. The number of rotatable bonds is 3. The fourth-order valence-corrected chi connectivity index (χ4v) is 1.88. The molecule has 0 aliphatic heterocycles. The molecule has 0 unspecified atom stereocenters. The van der Waals surface area contributed by atoms with Gasteiger partial charge in [-0.05, 0) is 12.1 Å². The smallest absolute Gasteiger partial charge is 0.203 e. The van der Waals surface area contributed by atoms with Gasteiger partial charge in [-0.15, -0.1) is 0 Å². The maximum absolute atomic E-state index is 4.48. The van der Waals surface area contributed by atoms with E-state index < -0.39 is 0 Å². The molecule has 0 atom stereocenters. The van der Waals surface area contributed by atoms with Gasteiger partial charge in [0.25, 0.3) is 0 Å². The Morgan fingerprint density at radius 2 is 2.21 bits per heavy atom. The Kier molecular flexibility index (Phi) is 2.72. The van der Waals surface area contributed by atoms with E-state index in [4.69, 9.17) is 0 Å². The van der Waals surface area contributed by atoms with Crippen LogP contribution in [0.15, 0.2) is 24.3 Å². The van der Waals surface area contributed by atoms with E-state index in [2.05, 4.69) is 30.8 Å². The van der Waals surface area contributed by atoms with Gasteiger partial charge in [-0.25, -0.2) is 4.98 Å². The van der Waals surface area contributed by atoms with E-state index >= 15 is 0 Å². The maximum atomic E-state index is 4.48. The molecule has 3 nitrogen and oxygen atoms in total. The molecule has 1 heterocycles. The molecule has 14 heavy (non-hydrogen) atoms. The van der Waals surface area contributed by atoms with Crippen LogP contribution in [0, 0.1) is 0 Å². The van der Waals surface area contributed by atoms with E-state index in [1.807, 2.05) is 31.3 Å². The van der Waals surface area contributed by atoms with E-state index in [-0.39, 0.29) is 0 Å². The van der Waals surface area contributed by atoms with Crippen molar-refractivity contribution < 1.29 is 0 Å². The monoisotopic (exact) mass is 253 g/mol. The summed E-state index contributed by atoms with van der Waals surface area (Å²) in [5, 5.41) is 0.945. The molecule has 0 radical (unpaired) electrons. The summed E-state index contributed by atoms with van der Waals surface area (Å²) in [5.41, 5.74) is 2.10. The van der Waals surface area contributed by atoms with Crippen molar-refractivity contribution in [2.75, 3.05) is 23.8 Å². The second kappa shape index (κ2) is 4.00. The molecule has 0 aliphatic carbocycles. The molecule has 0 bridgehead atoms. The first-order valence-electron chi connectivity index (χ1n) is 4.53. The van der Waals surface area contributed by atoms with Crippen molar-refractivity contribution in [1.82, 2.24) is 9.97 Å². The van der Waals surface area contributed by atoms with E-state index in [0.29, 0.717) is 0 Å². The van der Waals surface area contributed by atoms with Crippen molar-refractivity contribution in [2.45, 2.75) is 0 Å². The van der Waals surface area contributed by atoms with Crippen molar-refractivity contribution in [1.29, 1.82) is 0 Å². The highest BCUT2D eigenvalue weighted by Gasteiger charge is 2.05. The molecule has 1 N–H and O–H groups in total. The summed E-state index contributed by atoms with van der Waals surface area (Å²) in [6.45, 7) is 0.944. The third-order valence-electron chi connectivity index (χ3n) is 2.16. The quantitative estimate of drug-likeness (QED) is 0.853. The van der Waals surface area contributed by atoms with Crippen molar-refractivity contribution in [3.63, 3.8) is 0 Å². The highest BCUT2D eigenvalue weighted by atomic mass is 79.9. The molecule has 0 saturated carbocycles. The summed E-state index contributed by atoms with van der Waals surface area (Å²) in [6, 6.07) is 8.05. The van der Waals surface area contributed by atoms with Gasteiger partial charge in [-0.2, -0.15) is 0 Å². The largest absolute Gasteiger partial charge is 0.345 e. The van der Waals surface area contributed by atoms with E-state index in [1.54, 1.807) is 0 Å². The molecule has 1 aromatic heterocycles. The van der Waals surface area contributed by atoms with Gasteiger partial charge in [-0.3, -0.25) is 0 Å². The lowest BCUT2D eigenvalue weighted by Gasteiger charge is -2.12. The molecule has 0 amide bonds. The normalized spacial score (nSPS) is 10.7. The molecular formula is C10H12BrN3. The lowest BCUT2D eigenvalue weighted by molar-refractivity contribution is 0.935. The number of H-pyrrole nitrogens is 1. The third-order valence-corrected chi connectivity index (χ3v) is 2.51. The molecule has 0 spiro atoms. The van der Waals surface area contributed by atoms with E-state index in [0.717, 1.165) is 28.9 Å². The average molecular weight is 254 g/mol. The number of alkyl halides is 1. The molecule has 4 heteroatoms. The maximum Gasteiger partial charge on any atom is 0.203 e. The number of imidazole rings is 1. The second-order valence-corrected chi connectivity index (χ2v) is 3.98. The van der Waals surface area contributed by atoms with Gasteiger partial charge < -0.3 is 9.88 Å². The lowest BCUT2D eigenvalue weighted by Crippen LogP contribution is -2.20. The minimum Gasteiger partial charge on any atom is -0.345 e. The number of aromatic amines is 1. The van der Waals surface area contributed by atoms with Crippen LogP contribution >= 0.6 is 15.9 Å². The van der Waals surface area contributed by atoms with Gasteiger partial charge in [0.05, 0.1) is 11.0 Å². The summed E-state index contributed by atoms with van der Waals surface area (Å²) in [6.07, 6.45) is 0. The van der Waals surface area contributed by atoms with Crippen LogP contribution in [0.25, 0.3) is 11.0 Å². The van der Waals surface area contributed by atoms with Crippen LogP contribution in [0.4, 0.5) is 5.95 Å². The van der Waals surface area contributed by atoms with Crippen LogP contribution in [0.5, 0.6) is 0 Å². The van der Waals surface area contributed by atoms with Gasteiger partial charge in [-0.1, -0.05) is 28.1 Å². The molecule has 0 aliphatic rings. The lowest BCUT2D eigenvalue weighted by atomic mass is 10.3. The first kappa shape index (κ1) is 9.52. The first-order chi connectivity index (χ1) is 6.81. The van der Waals surface area contributed by atoms with Crippen molar-refractivity contribution in [3.05, 3.63) is 24.3 Å².